The van der Waals surface area contributed by atoms with Gasteiger partial charge in [-0.25, -0.2) is 4.68 Å². The normalized spacial score (nSPS) is 11.1. The third kappa shape index (κ3) is 4.20. The van der Waals surface area contributed by atoms with Crippen LogP contribution in [-0.4, -0.2) is 38.8 Å². The van der Waals surface area contributed by atoms with Crippen LogP contribution in [0.5, 0.6) is 0 Å². The second-order valence-electron chi connectivity index (χ2n) is 6.75. The van der Waals surface area contributed by atoms with Crippen molar-refractivity contribution < 1.29 is 9.59 Å². The van der Waals surface area contributed by atoms with E-state index in [0.29, 0.717) is 27.8 Å². The van der Waals surface area contributed by atoms with Crippen LogP contribution in [0.2, 0.25) is 0 Å². The monoisotopic (exact) mass is 423 g/mol. The number of nitrogens with zero attached hydrogens (tertiary/aromatic N) is 5. The van der Waals surface area contributed by atoms with Gasteiger partial charge in [0.25, 0.3) is 11.8 Å². The molecule has 2 heterocycles. The number of hydrogen-bond acceptors (Lipinski definition) is 6. The maximum Gasteiger partial charge on any atom is 0.255 e. The number of nitriles is 1. The summed E-state index contributed by atoms with van der Waals surface area (Å²) in [6.07, 6.45) is 4.94. The molecular weight excluding hydrogens is 406 g/mol. The van der Waals surface area contributed by atoms with Crippen molar-refractivity contribution in [2.75, 3.05) is 12.4 Å². The van der Waals surface area contributed by atoms with Gasteiger partial charge in [-0.15, -0.1) is 5.10 Å². The van der Waals surface area contributed by atoms with E-state index in [1.54, 1.807) is 74.0 Å². The van der Waals surface area contributed by atoms with Crippen molar-refractivity contribution in [3.05, 3.63) is 83.7 Å². The van der Waals surface area contributed by atoms with Gasteiger partial charge in [-0.1, -0.05) is 17.3 Å². The molecule has 32 heavy (non-hydrogen) atoms. The summed E-state index contributed by atoms with van der Waals surface area (Å²) in [6, 6.07) is 17.2. The van der Waals surface area contributed by atoms with E-state index in [9.17, 15) is 14.9 Å². The van der Waals surface area contributed by atoms with Crippen LogP contribution in [-0.2, 0) is 0 Å². The van der Waals surface area contributed by atoms with Gasteiger partial charge in [-0.3, -0.25) is 14.6 Å². The second-order valence-corrected chi connectivity index (χ2v) is 6.75. The number of allylic oxidation sites excluding steroid dienone is 1. The first-order valence-electron chi connectivity index (χ1n) is 9.60. The molecule has 4 aromatic rings. The minimum absolute atomic E-state index is 0.244. The predicted octanol–water partition coefficient (Wildman–Crippen LogP) is 2.96. The Labute approximate surface area is 183 Å². The topological polar surface area (TPSA) is 126 Å². The van der Waals surface area contributed by atoms with Crippen molar-refractivity contribution in [1.29, 1.82) is 5.26 Å². The molecule has 156 valence electrons. The van der Waals surface area contributed by atoms with Crippen LogP contribution < -0.4 is 10.6 Å². The molecule has 2 N–H and O–H groups in total. The van der Waals surface area contributed by atoms with Gasteiger partial charge in [0.05, 0.1) is 5.52 Å². The van der Waals surface area contributed by atoms with Crippen LogP contribution in [0.15, 0.2) is 67.0 Å². The molecule has 0 aliphatic carbocycles. The van der Waals surface area contributed by atoms with Crippen LogP contribution in [0.25, 0.3) is 22.8 Å². The number of amides is 2. The van der Waals surface area contributed by atoms with E-state index >= 15 is 0 Å². The van der Waals surface area contributed by atoms with E-state index in [1.807, 2.05) is 6.07 Å². The Morgan fingerprint density at radius 3 is 2.66 bits per heavy atom. The predicted molar refractivity (Wildman–Crippen MR) is 119 cm³/mol. The number of pyridine rings is 1. The Morgan fingerprint density at radius 1 is 1.06 bits per heavy atom. The van der Waals surface area contributed by atoms with Gasteiger partial charge >= 0.3 is 0 Å². The third-order valence-electron chi connectivity index (χ3n) is 4.65. The summed E-state index contributed by atoms with van der Waals surface area (Å²) >= 11 is 0. The fraction of sp³-hybridized carbons (Fsp3) is 0.0435. The summed E-state index contributed by atoms with van der Waals surface area (Å²) in [5.41, 5.74) is 3.36. The average molecular weight is 423 g/mol. The van der Waals surface area contributed by atoms with E-state index < -0.39 is 0 Å². The number of benzene rings is 2. The number of anilines is 1. The van der Waals surface area contributed by atoms with Crippen LogP contribution in [0.4, 0.5) is 5.69 Å². The zero-order valence-corrected chi connectivity index (χ0v) is 17.0. The zero-order chi connectivity index (χ0) is 22.5. The summed E-state index contributed by atoms with van der Waals surface area (Å²) < 4.78 is 1.41. The fourth-order valence-corrected chi connectivity index (χ4v) is 3.09. The molecule has 0 saturated carbocycles. The number of nitrogens with one attached hydrogen (secondary N) is 2. The molecule has 2 aromatic carbocycles. The largest absolute Gasteiger partial charge is 0.355 e. The molecule has 9 heteroatoms. The molecule has 0 unspecified atom stereocenters. The molecule has 0 aliphatic rings. The lowest BCUT2D eigenvalue weighted by atomic mass is 10.1. The first-order valence-corrected chi connectivity index (χ1v) is 9.60. The molecule has 2 amide bonds. The first kappa shape index (κ1) is 20.4. The Morgan fingerprint density at radius 2 is 1.91 bits per heavy atom. The summed E-state index contributed by atoms with van der Waals surface area (Å²) in [4.78, 5) is 28.5. The molecule has 0 radical (unpaired) electrons. The number of rotatable bonds is 5. The highest BCUT2D eigenvalue weighted by atomic mass is 16.2. The SMILES string of the molecule is CNC(=O)c1cccc(NC(=O)c2ccc3c(c2)nnn3/C(C#N)=C/c2cccnc2)c1. The van der Waals surface area contributed by atoms with E-state index in [4.69, 9.17) is 0 Å². The van der Waals surface area contributed by atoms with Gasteiger partial charge in [0.1, 0.15) is 17.3 Å². The number of aromatic nitrogens is 4. The lowest BCUT2D eigenvalue weighted by Crippen LogP contribution is -2.18. The quantitative estimate of drug-likeness (QED) is 0.475. The lowest BCUT2D eigenvalue weighted by molar-refractivity contribution is 0.0961. The summed E-state index contributed by atoms with van der Waals surface area (Å²) in [5.74, 6) is -0.603. The zero-order valence-electron chi connectivity index (χ0n) is 17.0. The molecule has 0 bridgehead atoms. The maximum atomic E-state index is 12.7. The van der Waals surface area contributed by atoms with Crippen molar-refractivity contribution in [2.24, 2.45) is 0 Å². The van der Waals surface area contributed by atoms with E-state index in [-0.39, 0.29) is 17.5 Å². The smallest absolute Gasteiger partial charge is 0.255 e. The molecule has 0 saturated heterocycles. The summed E-state index contributed by atoms with van der Waals surface area (Å²) in [5, 5.41) is 23.1. The molecule has 0 spiro atoms. The third-order valence-corrected chi connectivity index (χ3v) is 4.65. The first-order chi connectivity index (χ1) is 15.6. The van der Waals surface area contributed by atoms with Crippen LogP contribution in [0, 0.1) is 11.3 Å². The highest BCUT2D eigenvalue weighted by molar-refractivity contribution is 6.06. The average Bonchev–Trinajstić information content (AvgIpc) is 3.26. The molecular formula is C23H17N7O2. The minimum Gasteiger partial charge on any atom is -0.355 e. The van der Waals surface area contributed by atoms with Crippen molar-refractivity contribution in [3.8, 4) is 6.07 Å². The second kappa shape index (κ2) is 8.89. The lowest BCUT2D eigenvalue weighted by Gasteiger charge is -2.07. The Hall–Kier alpha value is -4.84. The van der Waals surface area contributed by atoms with Crippen LogP contribution in [0.3, 0.4) is 0 Å². The highest BCUT2D eigenvalue weighted by Gasteiger charge is 2.13. The van der Waals surface area contributed by atoms with Crippen molar-refractivity contribution in [2.45, 2.75) is 0 Å². The van der Waals surface area contributed by atoms with Gasteiger partial charge in [0, 0.05) is 36.3 Å². The van der Waals surface area contributed by atoms with E-state index in [1.165, 1.54) is 4.68 Å². The molecule has 0 aliphatic heterocycles. The molecule has 4 rings (SSSR count). The van der Waals surface area contributed by atoms with Gasteiger partial charge in [-0.2, -0.15) is 5.26 Å². The Balaban J connectivity index is 1.60. The number of carbonyl (C=O) groups is 2. The van der Waals surface area contributed by atoms with Gasteiger partial charge in [0.15, 0.2) is 0 Å². The Bertz CT molecular complexity index is 1380. The molecule has 0 atom stereocenters. The van der Waals surface area contributed by atoms with Crippen molar-refractivity contribution in [3.63, 3.8) is 0 Å². The van der Waals surface area contributed by atoms with E-state index in [0.717, 1.165) is 5.56 Å². The van der Waals surface area contributed by atoms with Crippen molar-refractivity contribution >= 4 is 40.3 Å². The summed E-state index contributed by atoms with van der Waals surface area (Å²) in [7, 11) is 1.54. The minimum atomic E-state index is -0.359. The molecule has 9 nitrogen and oxygen atoms in total. The fourth-order valence-electron chi connectivity index (χ4n) is 3.09. The highest BCUT2D eigenvalue weighted by Crippen LogP contribution is 2.20. The van der Waals surface area contributed by atoms with Gasteiger partial charge in [-0.05, 0) is 54.1 Å². The molecule has 0 fully saturated rings. The van der Waals surface area contributed by atoms with Crippen LogP contribution >= 0.6 is 0 Å². The standard InChI is InChI=1S/C23H17N7O2/c1-25-22(31)16-5-2-6-18(11-16)27-23(32)17-7-8-21-20(12-17)28-29-30(21)19(13-24)10-15-4-3-9-26-14-15/h2-12,14H,1H3,(H,25,31)(H,27,32)/b19-10+. The van der Waals surface area contributed by atoms with Crippen LogP contribution in [0.1, 0.15) is 26.3 Å². The number of fused-ring (bicyclic) bond motifs is 1. The van der Waals surface area contributed by atoms with Gasteiger partial charge < -0.3 is 10.6 Å². The maximum absolute atomic E-state index is 12.7. The van der Waals surface area contributed by atoms with E-state index in [2.05, 4.69) is 32.0 Å². The molecule has 2 aromatic heterocycles. The van der Waals surface area contributed by atoms with Gasteiger partial charge in [0.2, 0.25) is 0 Å². The van der Waals surface area contributed by atoms with Crippen molar-refractivity contribution in [1.82, 2.24) is 25.3 Å². The Kier molecular flexibility index (Phi) is 5.68. The number of carbonyl (C=O) groups excluding carboxylic acids is 2. The number of hydrogen-bond donors (Lipinski definition) is 2. The summed E-state index contributed by atoms with van der Waals surface area (Å²) in [6.45, 7) is 0.